The molecule has 2 unspecified atom stereocenters. The van der Waals surface area contributed by atoms with Crippen molar-refractivity contribution in [1.29, 1.82) is 0 Å². The Morgan fingerprint density at radius 3 is 2.93 bits per heavy atom. The van der Waals surface area contributed by atoms with Crippen molar-refractivity contribution in [3.05, 3.63) is 0 Å². The first-order valence-electron chi connectivity index (χ1n) is 6.26. The smallest absolute Gasteiger partial charge is 0.0105 e. The molecule has 1 heterocycles. The van der Waals surface area contributed by atoms with Crippen LogP contribution in [0.5, 0.6) is 0 Å². The summed E-state index contributed by atoms with van der Waals surface area (Å²) < 4.78 is 0. The fourth-order valence-corrected chi connectivity index (χ4v) is 3.85. The minimum atomic E-state index is 0.398. The van der Waals surface area contributed by atoms with Crippen LogP contribution >= 0.6 is 11.8 Å². The summed E-state index contributed by atoms with van der Waals surface area (Å²) in [6.07, 6.45) is 5.26. The molecule has 2 nitrogen and oxygen atoms in total. The third-order valence-corrected chi connectivity index (χ3v) is 5.11. The number of hydrogen-bond donors (Lipinski definition) is 1. The summed E-state index contributed by atoms with van der Waals surface area (Å²) in [5.41, 5.74) is 6.64. The number of nitrogens with two attached hydrogens (primary N) is 1. The number of thioether (sulfide) groups is 1. The zero-order valence-electron chi connectivity index (χ0n) is 9.87. The van der Waals surface area contributed by atoms with Gasteiger partial charge in [-0.2, -0.15) is 11.8 Å². The summed E-state index contributed by atoms with van der Waals surface area (Å²) in [7, 11) is 0. The second kappa shape index (κ2) is 5.07. The average Bonchev–Trinajstić information content (AvgIpc) is 2.44. The van der Waals surface area contributed by atoms with Crippen molar-refractivity contribution in [2.24, 2.45) is 11.1 Å². The molecule has 88 valence electrons. The molecule has 0 aromatic heterocycles. The highest BCUT2D eigenvalue weighted by molar-refractivity contribution is 7.99. The Morgan fingerprint density at radius 1 is 1.33 bits per heavy atom. The van der Waals surface area contributed by atoms with Crippen molar-refractivity contribution in [2.45, 2.75) is 38.6 Å². The van der Waals surface area contributed by atoms with Crippen LogP contribution in [0, 0.1) is 5.41 Å². The largest absolute Gasteiger partial charge is 0.327 e. The molecule has 0 aromatic rings. The maximum atomic E-state index is 6.24. The predicted octanol–water partition coefficient (Wildman–Crippen LogP) is 1.94. The first-order valence-corrected chi connectivity index (χ1v) is 7.42. The topological polar surface area (TPSA) is 29.3 Å². The Bertz CT molecular complexity index is 202. The van der Waals surface area contributed by atoms with Gasteiger partial charge in [-0.1, -0.05) is 13.3 Å². The Morgan fingerprint density at radius 2 is 2.20 bits per heavy atom. The Labute approximate surface area is 98.0 Å². The molecule has 1 aliphatic heterocycles. The number of hydrogen-bond acceptors (Lipinski definition) is 3. The van der Waals surface area contributed by atoms with Crippen LogP contribution in [0.1, 0.15) is 32.6 Å². The van der Waals surface area contributed by atoms with Gasteiger partial charge in [0.05, 0.1) is 0 Å². The van der Waals surface area contributed by atoms with Gasteiger partial charge in [-0.25, -0.2) is 0 Å². The second-order valence-electron chi connectivity index (χ2n) is 5.39. The van der Waals surface area contributed by atoms with E-state index in [4.69, 9.17) is 5.73 Å². The van der Waals surface area contributed by atoms with E-state index in [1.807, 2.05) is 0 Å². The van der Waals surface area contributed by atoms with E-state index in [0.29, 0.717) is 11.5 Å². The Balaban J connectivity index is 1.88. The van der Waals surface area contributed by atoms with Gasteiger partial charge in [-0.3, -0.25) is 0 Å². The standard InChI is InChI=1S/C12H24N2S/c1-12(5-2-4-11(12)13)10-14-6-3-8-15-9-7-14/h11H,2-10,13H2,1H3. The average molecular weight is 228 g/mol. The minimum Gasteiger partial charge on any atom is -0.327 e. The van der Waals surface area contributed by atoms with E-state index in [1.54, 1.807) is 0 Å². The normalized spacial score (nSPS) is 39.2. The maximum absolute atomic E-state index is 6.24. The van der Waals surface area contributed by atoms with Gasteiger partial charge in [0.15, 0.2) is 0 Å². The molecule has 0 aromatic carbocycles. The first-order chi connectivity index (χ1) is 7.21. The molecule has 2 aliphatic rings. The van der Waals surface area contributed by atoms with Gasteiger partial charge in [0.25, 0.3) is 0 Å². The molecule has 15 heavy (non-hydrogen) atoms. The molecular weight excluding hydrogens is 204 g/mol. The Hall–Kier alpha value is 0.270. The van der Waals surface area contributed by atoms with Gasteiger partial charge in [0.2, 0.25) is 0 Å². The minimum absolute atomic E-state index is 0.398. The molecular formula is C12H24N2S. The third-order valence-electron chi connectivity index (χ3n) is 4.06. The van der Waals surface area contributed by atoms with Crippen LogP contribution in [-0.4, -0.2) is 42.1 Å². The van der Waals surface area contributed by atoms with Crippen molar-refractivity contribution in [1.82, 2.24) is 4.90 Å². The van der Waals surface area contributed by atoms with Crippen molar-refractivity contribution in [3.8, 4) is 0 Å². The van der Waals surface area contributed by atoms with Crippen molar-refractivity contribution in [3.63, 3.8) is 0 Å². The van der Waals surface area contributed by atoms with Crippen LogP contribution in [0.15, 0.2) is 0 Å². The third kappa shape index (κ3) is 2.89. The lowest BCUT2D eigenvalue weighted by molar-refractivity contribution is 0.161. The molecule has 2 fully saturated rings. The molecule has 2 rings (SSSR count). The second-order valence-corrected chi connectivity index (χ2v) is 6.62. The van der Waals surface area contributed by atoms with Crippen LogP contribution in [0.4, 0.5) is 0 Å². The summed E-state index contributed by atoms with van der Waals surface area (Å²) in [6.45, 7) is 6.18. The van der Waals surface area contributed by atoms with Gasteiger partial charge in [0, 0.05) is 24.9 Å². The zero-order chi connectivity index (χ0) is 10.7. The first kappa shape index (κ1) is 11.7. The highest BCUT2D eigenvalue weighted by atomic mass is 32.2. The van der Waals surface area contributed by atoms with E-state index in [1.165, 1.54) is 56.8 Å². The number of rotatable bonds is 2. The molecule has 0 spiro atoms. The van der Waals surface area contributed by atoms with Gasteiger partial charge in [0.1, 0.15) is 0 Å². The molecule has 1 aliphatic carbocycles. The van der Waals surface area contributed by atoms with Crippen LogP contribution in [0.25, 0.3) is 0 Å². The summed E-state index contributed by atoms with van der Waals surface area (Å²) in [4.78, 5) is 2.64. The summed E-state index contributed by atoms with van der Waals surface area (Å²) in [5.74, 6) is 2.66. The lowest BCUT2D eigenvalue weighted by atomic mass is 9.84. The summed E-state index contributed by atoms with van der Waals surface area (Å²) in [6, 6.07) is 0.438. The molecule has 2 N–H and O–H groups in total. The van der Waals surface area contributed by atoms with Crippen LogP contribution in [0.2, 0.25) is 0 Å². The van der Waals surface area contributed by atoms with Crippen LogP contribution in [0.3, 0.4) is 0 Å². The van der Waals surface area contributed by atoms with E-state index in [0.717, 1.165) is 0 Å². The Kier molecular flexibility index (Phi) is 3.97. The fraction of sp³-hybridized carbons (Fsp3) is 1.00. The molecule has 3 heteroatoms. The van der Waals surface area contributed by atoms with Crippen molar-refractivity contribution < 1.29 is 0 Å². The van der Waals surface area contributed by atoms with E-state index >= 15 is 0 Å². The van der Waals surface area contributed by atoms with Gasteiger partial charge >= 0.3 is 0 Å². The predicted molar refractivity (Wildman–Crippen MR) is 68.3 cm³/mol. The highest BCUT2D eigenvalue weighted by Crippen LogP contribution is 2.37. The van der Waals surface area contributed by atoms with E-state index in [2.05, 4.69) is 23.6 Å². The van der Waals surface area contributed by atoms with E-state index in [9.17, 15) is 0 Å². The highest BCUT2D eigenvalue weighted by Gasteiger charge is 2.37. The van der Waals surface area contributed by atoms with Crippen molar-refractivity contribution in [2.75, 3.05) is 31.1 Å². The molecule has 2 atom stereocenters. The van der Waals surface area contributed by atoms with E-state index < -0.39 is 0 Å². The molecule has 1 saturated carbocycles. The zero-order valence-corrected chi connectivity index (χ0v) is 10.7. The lowest BCUT2D eigenvalue weighted by Crippen LogP contribution is -2.44. The van der Waals surface area contributed by atoms with Gasteiger partial charge in [-0.05, 0) is 37.0 Å². The molecule has 0 bridgehead atoms. The molecule has 1 saturated heterocycles. The summed E-state index contributed by atoms with van der Waals surface area (Å²) >= 11 is 2.10. The molecule has 0 amide bonds. The van der Waals surface area contributed by atoms with Gasteiger partial charge < -0.3 is 10.6 Å². The fourth-order valence-electron chi connectivity index (χ4n) is 2.92. The maximum Gasteiger partial charge on any atom is 0.0105 e. The van der Waals surface area contributed by atoms with Crippen LogP contribution < -0.4 is 5.73 Å². The monoisotopic (exact) mass is 228 g/mol. The molecule has 0 radical (unpaired) electrons. The van der Waals surface area contributed by atoms with Crippen LogP contribution in [-0.2, 0) is 0 Å². The number of nitrogens with zero attached hydrogens (tertiary/aromatic N) is 1. The van der Waals surface area contributed by atoms with E-state index in [-0.39, 0.29) is 0 Å². The SMILES string of the molecule is CC1(CN2CCCSCC2)CCCC1N. The van der Waals surface area contributed by atoms with Gasteiger partial charge in [-0.15, -0.1) is 0 Å². The lowest BCUT2D eigenvalue weighted by Gasteiger charge is -2.35. The summed E-state index contributed by atoms with van der Waals surface area (Å²) in [5, 5.41) is 0. The van der Waals surface area contributed by atoms with Crippen molar-refractivity contribution >= 4 is 11.8 Å². The quantitative estimate of drug-likeness (QED) is 0.783.